The van der Waals surface area contributed by atoms with Crippen LogP contribution in [-0.2, 0) is 19.1 Å². The molecule has 28 heavy (non-hydrogen) atoms. The van der Waals surface area contributed by atoms with Crippen LogP contribution in [-0.4, -0.2) is 57.7 Å². The Bertz CT molecular complexity index is 766. The standard InChI is InChI=1S/C18H23N3O7/c1-4-19-18(25)20-15(22)10-28-17(24)11-7-16(23)21(9-11)13-6-5-12(26-2)8-14(13)27-3/h5-6,8,11H,4,7,9-10H2,1-3H3,(H2,19,20,22,25)/t11-/m0/s1. The largest absolute Gasteiger partial charge is 0.497 e. The number of methoxy groups -OCH3 is 2. The summed E-state index contributed by atoms with van der Waals surface area (Å²) in [6.07, 6.45) is -0.0496. The summed E-state index contributed by atoms with van der Waals surface area (Å²) in [6.45, 7) is 1.54. The number of ether oxygens (including phenoxy) is 3. The summed E-state index contributed by atoms with van der Waals surface area (Å²) in [5, 5.41) is 4.41. The maximum atomic E-state index is 12.4. The summed E-state index contributed by atoms with van der Waals surface area (Å²) >= 11 is 0. The summed E-state index contributed by atoms with van der Waals surface area (Å²) in [5.41, 5.74) is 0.512. The first kappa shape index (κ1) is 21.0. The Labute approximate surface area is 162 Å². The van der Waals surface area contributed by atoms with Crippen LogP contribution in [0.3, 0.4) is 0 Å². The molecule has 10 nitrogen and oxygen atoms in total. The van der Waals surface area contributed by atoms with Crippen LogP contribution in [0.4, 0.5) is 10.5 Å². The van der Waals surface area contributed by atoms with Crippen molar-refractivity contribution in [3.63, 3.8) is 0 Å². The van der Waals surface area contributed by atoms with Gasteiger partial charge in [-0.25, -0.2) is 4.79 Å². The van der Waals surface area contributed by atoms with E-state index in [2.05, 4.69) is 5.32 Å². The van der Waals surface area contributed by atoms with Gasteiger partial charge in [-0.3, -0.25) is 19.7 Å². The number of nitrogens with one attached hydrogen (secondary N) is 2. The zero-order valence-electron chi connectivity index (χ0n) is 15.9. The summed E-state index contributed by atoms with van der Waals surface area (Å²) in [5.74, 6) is -1.43. The van der Waals surface area contributed by atoms with Gasteiger partial charge in [0.15, 0.2) is 6.61 Å². The number of hydrogen-bond acceptors (Lipinski definition) is 7. The molecule has 1 heterocycles. The fraction of sp³-hybridized carbons (Fsp3) is 0.444. The molecule has 1 aliphatic heterocycles. The minimum Gasteiger partial charge on any atom is -0.497 e. The third-order valence-electron chi connectivity index (χ3n) is 4.07. The monoisotopic (exact) mass is 393 g/mol. The van der Waals surface area contributed by atoms with Gasteiger partial charge in [0.2, 0.25) is 5.91 Å². The quantitative estimate of drug-likeness (QED) is 0.645. The van der Waals surface area contributed by atoms with Crippen LogP contribution in [0.25, 0.3) is 0 Å². The molecule has 152 valence electrons. The van der Waals surface area contributed by atoms with E-state index in [4.69, 9.17) is 14.2 Å². The maximum Gasteiger partial charge on any atom is 0.321 e. The molecule has 0 aromatic heterocycles. The van der Waals surface area contributed by atoms with Crippen molar-refractivity contribution in [2.24, 2.45) is 5.92 Å². The number of urea groups is 1. The molecule has 0 unspecified atom stereocenters. The van der Waals surface area contributed by atoms with E-state index >= 15 is 0 Å². The average molecular weight is 393 g/mol. The number of benzene rings is 1. The van der Waals surface area contributed by atoms with E-state index in [-0.39, 0.29) is 18.9 Å². The summed E-state index contributed by atoms with van der Waals surface area (Å²) in [4.78, 5) is 48.8. The maximum absolute atomic E-state index is 12.4. The first-order valence-corrected chi connectivity index (χ1v) is 8.66. The highest BCUT2D eigenvalue weighted by Crippen LogP contribution is 2.35. The van der Waals surface area contributed by atoms with E-state index in [1.165, 1.54) is 19.1 Å². The van der Waals surface area contributed by atoms with Crippen LogP contribution >= 0.6 is 0 Å². The highest BCUT2D eigenvalue weighted by Gasteiger charge is 2.37. The number of carbonyl (C=O) groups is 4. The lowest BCUT2D eigenvalue weighted by atomic mass is 10.1. The number of esters is 1. The minimum absolute atomic E-state index is 0.0496. The van der Waals surface area contributed by atoms with Crippen molar-refractivity contribution >= 4 is 29.5 Å². The summed E-state index contributed by atoms with van der Waals surface area (Å²) in [7, 11) is 2.99. The minimum atomic E-state index is -0.752. The predicted molar refractivity (Wildman–Crippen MR) is 98.2 cm³/mol. The van der Waals surface area contributed by atoms with Gasteiger partial charge in [0.25, 0.3) is 5.91 Å². The smallest absolute Gasteiger partial charge is 0.321 e. The number of rotatable bonds is 7. The van der Waals surface area contributed by atoms with Gasteiger partial charge in [-0.2, -0.15) is 0 Å². The van der Waals surface area contributed by atoms with Gasteiger partial charge in [0.05, 0.1) is 25.8 Å². The Hall–Kier alpha value is -3.30. The lowest BCUT2D eigenvalue weighted by molar-refractivity contribution is -0.152. The Morgan fingerprint density at radius 2 is 1.96 bits per heavy atom. The van der Waals surface area contributed by atoms with Crippen molar-refractivity contribution in [2.45, 2.75) is 13.3 Å². The van der Waals surface area contributed by atoms with Crippen LogP contribution in [0.2, 0.25) is 0 Å². The Morgan fingerprint density at radius 1 is 1.21 bits per heavy atom. The van der Waals surface area contributed by atoms with Crippen LogP contribution in [0, 0.1) is 5.92 Å². The number of carbonyl (C=O) groups excluding carboxylic acids is 4. The van der Waals surface area contributed by atoms with Crippen molar-refractivity contribution in [3.8, 4) is 11.5 Å². The molecule has 1 fully saturated rings. The van der Waals surface area contributed by atoms with E-state index in [9.17, 15) is 19.2 Å². The van der Waals surface area contributed by atoms with E-state index in [0.717, 1.165) is 0 Å². The average Bonchev–Trinajstić information content (AvgIpc) is 3.07. The number of hydrogen-bond donors (Lipinski definition) is 2. The van der Waals surface area contributed by atoms with Gasteiger partial charge in [-0.1, -0.05) is 0 Å². The van der Waals surface area contributed by atoms with Gasteiger partial charge in [-0.15, -0.1) is 0 Å². The van der Waals surface area contributed by atoms with E-state index in [0.29, 0.717) is 23.7 Å². The number of nitrogens with zero attached hydrogens (tertiary/aromatic N) is 1. The van der Waals surface area contributed by atoms with E-state index in [1.807, 2.05) is 5.32 Å². The zero-order valence-corrected chi connectivity index (χ0v) is 15.9. The molecule has 0 spiro atoms. The van der Waals surface area contributed by atoms with Gasteiger partial charge in [-0.05, 0) is 19.1 Å². The van der Waals surface area contributed by atoms with Gasteiger partial charge < -0.3 is 24.4 Å². The molecule has 1 aromatic rings. The SMILES string of the molecule is CCNC(=O)NC(=O)COC(=O)[C@H]1CC(=O)N(c2ccc(OC)cc2OC)C1. The third-order valence-corrected chi connectivity index (χ3v) is 4.07. The van der Waals surface area contributed by atoms with Gasteiger partial charge in [0.1, 0.15) is 11.5 Å². The second-order valence-electron chi connectivity index (χ2n) is 5.96. The first-order valence-electron chi connectivity index (χ1n) is 8.66. The third kappa shape index (κ3) is 5.12. The van der Waals surface area contributed by atoms with Crippen molar-refractivity contribution < 1.29 is 33.4 Å². The molecule has 1 aromatic carbocycles. The second-order valence-corrected chi connectivity index (χ2v) is 5.96. The van der Waals surface area contributed by atoms with Crippen LogP contribution in [0.15, 0.2) is 18.2 Å². The number of anilines is 1. The van der Waals surface area contributed by atoms with E-state index in [1.54, 1.807) is 25.1 Å². The Morgan fingerprint density at radius 3 is 2.61 bits per heavy atom. The second kappa shape index (κ2) is 9.58. The number of amides is 4. The van der Waals surface area contributed by atoms with Gasteiger partial charge in [0, 0.05) is 25.6 Å². The molecule has 2 N–H and O–H groups in total. The molecular weight excluding hydrogens is 370 g/mol. The Balaban J connectivity index is 1.96. The van der Waals surface area contributed by atoms with Crippen molar-refractivity contribution in [1.29, 1.82) is 0 Å². The van der Waals surface area contributed by atoms with E-state index < -0.39 is 30.4 Å². The van der Waals surface area contributed by atoms with Crippen molar-refractivity contribution in [1.82, 2.24) is 10.6 Å². The molecule has 0 bridgehead atoms. The highest BCUT2D eigenvalue weighted by atomic mass is 16.5. The molecule has 1 saturated heterocycles. The first-order chi connectivity index (χ1) is 13.4. The van der Waals surface area contributed by atoms with Gasteiger partial charge >= 0.3 is 12.0 Å². The molecule has 1 aliphatic rings. The Kier molecular flexibility index (Phi) is 7.19. The van der Waals surface area contributed by atoms with Crippen molar-refractivity contribution in [2.75, 3.05) is 38.8 Å². The summed E-state index contributed by atoms with van der Waals surface area (Å²) in [6, 6.07) is 4.32. The molecule has 4 amide bonds. The molecule has 2 rings (SSSR count). The fourth-order valence-corrected chi connectivity index (χ4v) is 2.73. The molecule has 1 atom stereocenters. The lowest BCUT2D eigenvalue weighted by Gasteiger charge is -2.20. The van der Waals surface area contributed by atoms with Crippen LogP contribution in [0.5, 0.6) is 11.5 Å². The normalized spacial score (nSPS) is 15.8. The zero-order chi connectivity index (χ0) is 20.7. The van der Waals surface area contributed by atoms with Crippen LogP contribution in [0.1, 0.15) is 13.3 Å². The van der Waals surface area contributed by atoms with Crippen LogP contribution < -0.4 is 25.0 Å². The van der Waals surface area contributed by atoms with Crippen molar-refractivity contribution in [3.05, 3.63) is 18.2 Å². The lowest BCUT2D eigenvalue weighted by Crippen LogP contribution is -2.41. The molecule has 0 aliphatic carbocycles. The highest BCUT2D eigenvalue weighted by molar-refractivity contribution is 6.01. The molecular formula is C18H23N3O7. The molecule has 0 radical (unpaired) electrons. The predicted octanol–water partition coefficient (Wildman–Crippen LogP) is 0.446. The number of imide groups is 1. The molecule has 10 heteroatoms. The molecule has 0 saturated carbocycles. The fourth-order valence-electron chi connectivity index (χ4n) is 2.73. The topological polar surface area (TPSA) is 123 Å². The summed E-state index contributed by atoms with van der Waals surface area (Å²) < 4.78 is 15.4.